The lowest BCUT2D eigenvalue weighted by Gasteiger charge is -2.37. The standard InChI is InChI=1S/C18H26N2O2.ClH/c1-14-17(19-9-12-22-14)18(21)20-10-7-16(8-11-20)13-15-5-3-2-4-6-15;/h2-6,14,16-17,19H,7-13H2,1H3;1H/t14-,17+;/m1./s1. The summed E-state index contributed by atoms with van der Waals surface area (Å²) in [6, 6.07) is 10.5. The maximum absolute atomic E-state index is 12.6. The summed E-state index contributed by atoms with van der Waals surface area (Å²) >= 11 is 0. The number of nitrogens with one attached hydrogen (secondary N) is 1. The summed E-state index contributed by atoms with van der Waals surface area (Å²) in [6.45, 7) is 5.20. The van der Waals surface area contributed by atoms with Crippen LogP contribution in [0.25, 0.3) is 0 Å². The van der Waals surface area contributed by atoms with Crippen LogP contribution >= 0.6 is 12.4 Å². The van der Waals surface area contributed by atoms with Gasteiger partial charge < -0.3 is 15.0 Å². The van der Waals surface area contributed by atoms with Crippen LogP contribution in [0.2, 0.25) is 0 Å². The summed E-state index contributed by atoms with van der Waals surface area (Å²) < 4.78 is 5.59. The third-order valence-corrected chi connectivity index (χ3v) is 4.88. The Morgan fingerprint density at radius 3 is 2.61 bits per heavy atom. The van der Waals surface area contributed by atoms with E-state index >= 15 is 0 Å². The van der Waals surface area contributed by atoms with Crippen LogP contribution in [0, 0.1) is 5.92 Å². The monoisotopic (exact) mass is 338 g/mol. The molecule has 0 aromatic heterocycles. The molecule has 4 nitrogen and oxygen atoms in total. The summed E-state index contributed by atoms with van der Waals surface area (Å²) in [7, 11) is 0. The van der Waals surface area contributed by atoms with Gasteiger partial charge in [-0.25, -0.2) is 0 Å². The second-order valence-corrected chi connectivity index (χ2v) is 6.47. The van der Waals surface area contributed by atoms with Crippen molar-refractivity contribution < 1.29 is 9.53 Å². The number of ether oxygens (including phenoxy) is 1. The average molecular weight is 339 g/mol. The fourth-order valence-corrected chi connectivity index (χ4v) is 3.51. The van der Waals surface area contributed by atoms with Gasteiger partial charge in [-0.1, -0.05) is 30.3 Å². The number of morpholine rings is 1. The summed E-state index contributed by atoms with van der Waals surface area (Å²) in [5, 5.41) is 3.30. The molecule has 2 atom stereocenters. The van der Waals surface area contributed by atoms with E-state index < -0.39 is 0 Å². The van der Waals surface area contributed by atoms with Gasteiger partial charge in [0.05, 0.1) is 12.7 Å². The van der Waals surface area contributed by atoms with E-state index in [4.69, 9.17) is 4.74 Å². The molecular formula is C18H27ClN2O2. The molecule has 2 heterocycles. The van der Waals surface area contributed by atoms with Crippen molar-refractivity contribution in [2.45, 2.75) is 38.3 Å². The van der Waals surface area contributed by atoms with Crippen LogP contribution in [0.1, 0.15) is 25.3 Å². The molecule has 2 aliphatic heterocycles. The van der Waals surface area contributed by atoms with Crippen molar-refractivity contribution in [1.82, 2.24) is 10.2 Å². The molecule has 0 bridgehead atoms. The van der Waals surface area contributed by atoms with Gasteiger partial charge in [0.15, 0.2) is 0 Å². The zero-order chi connectivity index (χ0) is 15.4. The van der Waals surface area contributed by atoms with Crippen molar-refractivity contribution >= 4 is 18.3 Å². The molecule has 23 heavy (non-hydrogen) atoms. The number of carbonyl (C=O) groups is 1. The SMILES string of the molecule is C[C@H]1OCCN[C@@H]1C(=O)N1CCC(Cc2ccccc2)CC1.Cl. The molecule has 1 aromatic rings. The Morgan fingerprint density at radius 2 is 1.96 bits per heavy atom. The number of rotatable bonds is 3. The van der Waals surface area contributed by atoms with Gasteiger partial charge in [0.2, 0.25) is 5.91 Å². The van der Waals surface area contributed by atoms with E-state index in [9.17, 15) is 4.79 Å². The Balaban J connectivity index is 0.00000192. The number of amides is 1. The minimum Gasteiger partial charge on any atom is -0.375 e. The van der Waals surface area contributed by atoms with E-state index in [0.29, 0.717) is 12.5 Å². The van der Waals surface area contributed by atoms with Crippen LogP contribution in [0.3, 0.4) is 0 Å². The molecule has 3 rings (SSSR count). The summed E-state index contributed by atoms with van der Waals surface area (Å²) in [6.07, 6.45) is 3.30. The Bertz CT molecular complexity index is 489. The second-order valence-electron chi connectivity index (χ2n) is 6.47. The number of nitrogens with zero attached hydrogens (tertiary/aromatic N) is 1. The van der Waals surface area contributed by atoms with Gasteiger partial charge in [0.25, 0.3) is 0 Å². The molecule has 2 fully saturated rings. The van der Waals surface area contributed by atoms with Gasteiger partial charge in [0.1, 0.15) is 6.04 Å². The van der Waals surface area contributed by atoms with Crippen LogP contribution in [0.15, 0.2) is 30.3 Å². The molecule has 2 saturated heterocycles. The molecule has 2 aliphatic rings. The number of likely N-dealkylation sites (tertiary alicyclic amines) is 1. The van der Waals surface area contributed by atoms with Gasteiger partial charge in [-0.2, -0.15) is 0 Å². The van der Waals surface area contributed by atoms with E-state index in [1.54, 1.807) is 0 Å². The van der Waals surface area contributed by atoms with Gasteiger partial charge in [-0.3, -0.25) is 4.79 Å². The summed E-state index contributed by atoms with van der Waals surface area (Å²) in [5.41, 5.74) is 1.41. The maximum Gasteiger partial charge on any atom is 0.242 e. The highest BCUT2D eigenvalue weighted by Gasteiger charge is 2.33. The number of hydrogen-bond donors (Lipinski definition) is 1. The van der Waals surface area contributed by atoms with Crippen LogP contribution in [-0.4, -0.2) is 49.2 Å². The van der Waals surface area contributed by atoms with Crippen molar-refractivity contribution in [3.8, 4) is 0 Å². The topological polar surface area (TPSA) is 41.6 Å². The number of carbonyl (C=O) groups excluding carboxylic acids is 1. The smallest absolute Gasteiger partial charge is 0.242 e. The highest BCUT2D eigenvalue weighted by atomic mass is 35.5. The second kappa shape index (κ2) is 8.67. The van der Waals surface area contributed by atoms with Crippen molar-refractivity contribution in [1.29, 1.82) is 0 Å². The molecule has 0 aliphatic carbocycles. The Kier molecular flexibility index (Phi) is 6.88. The van der Waals surface area contributed by atoms with E-state index in [0.717, 1.165) is 38.9 Å². The quantitative estimate of drug-likeness (QED) is 0.919. The first-order valence-electron chi connectivity index (χ1n) is 8.42. The number of benzene rings is 1. The predicted molar refractivity (Wildman–Crippen MR) is 93.9 cm³/mol. The van der Waals surface area contributed by atoms with Crippen LogP contribution < -0.4 is 5.32 Å². The van der Waals surface area contributed by atoms with Crippen LogP contribution in [-0.2, 0) is 16.0 Å². The maximum atomic E-state index is 12.6. The highest BCUT2D eigenvalue weighted by molar-refractivity contribution is 5.85. The Morgan fingerprint density at radius 1 is 1.26 bits per heavy atom. The van der Waals surface area contributed by atoms with Crippen molar-refractivity contribution in [3.05, 3.63) is 35.9 Å². The molecule has 0 radical (unpaired) electrons. The van der Waals surface area contributed by atoms with Crippen molar-refractivity contribution in [2.75, 3.05) is 26.2 Å². The lowest BCUT2D eigenvalue weighted by Crippen LogP contribution is -2.57. The predicted octanol–water partition coefficient (Wildman–Crippen LogP) is 2.27. The molecule has 1 aromatic carbocycles. The van der Waals surface area contributed by atoms with E-state index in [1.807, 2.05) is 11.8 Å². The third-order valence-electron chi connectivity index (χ3n) is 4.88. The normalized spacial score (nSPS) is 25.7. The van der Waals surface area contributed by atoms with E-state index in [-0.39, 0.29) is 30.5 Å². The van der Waals surface area contributed by atoms with Gasteiger partial charge in [0, 0.05) is 19.6 Å². The molecule has 0 spiro atoms. The van der Waals surface area contributed by atoms with Crippen molar-refractivity contribution in [3.63, 3.8) is 0 Å². The minimum atomic E-state index is -0.167. The molecule has 0 unspecified atom stereocenters. The lowest BCUT2D eigenvalue weighted by atomic mass is 9.90. The third kappa shape index (κ3) is 4.69. The van der Waals surface area contributed by atoms with Crippen LogP contribution in [0.5, 0.6) is 0 Å². The Hall–Kier alpha value is -1.10. The first kappa shape index (κ1) is 18.2. The first-order chi connectivity index (χ1) is 10.7. The molecule has 1 amide bonds. The van der Waals surface area contributed by atoms with Crippen LogP contribution in [0.4, 0.5) is 0 Å². The highest BCUT2D eigenvalue weighted by Crippen LogP contribution is 2.22. The largest absolute Gasteiger partial charge is 0.375 e. The molecule has 5 heteroatoms. The number of hydrogen-bond acceptors (Lipinski definition) is 3. The van der Waals surface area contributed by atoms with Gasteiger partial charge >= 0.3 is 0 Å². The zero-order valence-electron chi connectivity index (χ0n) is 13.7. The Labute approximate surface area is 145 Å². The van der Waals surface area contributed by atoms with E-state index in [1.165, 1.54) is 5.56 Å². The lowest BCUT2D eigenvalue weighted by molar-refractivity contribution is -0.140. The fraction of sp³-hybridized carbons (Fsp3) is 0.611. The minimum absolute atomic E-state index is 0. The molecular weight excluding hydrogens is 312 g/mol. The van der Waals surface area contributed by atoms with E-state index in [2.05, 4.69) is 35.6 Å². The molecule has 0 saturated carbocycles. The molecule has 128 valence electrons. The van der Waals surface area contributed by atoms with Gasteiger partial charge in [-0.05, 0) is 37.7 Å². The fourth-order valence-electron chi connectivity index (χ4n) is 3.51. The first-order valence-corrected chi connectivity index (χ1v) is 8.42. The number of piperidine rings is 1. The van der Waals surface area contributed by atoms with Gasteiger partial charge in [-0.15, -0.1) is 12.4 Å². The molecule has 1 N–H and O–H groups in total. The summed E-state index contributed by atoms with van der Waals surface area (Å²) in [4.78, 5) is 14.6. The average Bonchev–Trinajstić information content (AvgIpc) is 2.56. The number of halogens is 1. The summed E-state index contributed by atoms with van der Waals surface area (Å²) in [5.74, 6) is 0.907. The zero-order valence-corrected chi connectivity index (χ0v) is 14.6. The van der Waals surface area contributed by atoms with Crippen molar-refractivity contribution in [2.24, 2.45) is 5.92 Å².